The van der Waals surface area contributed by atoms with Gasteiger partial charge in [0.25, 0.3) is 0 Å². The molecule has 1 spiro atoms. The van der Waals surface area contributed by atoms with Crippen LogP contribution in [0.3, 0.4) is 0 Å². The average Bonchev–Trinajstić information content (AvgIpc) is 2.25. The molecule has 5 fully saturated rings. The Hall–Kier alpha value is 0.660. The van der Waals surface area contributed by atoms with E-state index in [1.807, 2.05) is 0 Å². The molecule has 1 nitrogen and oxygen atoms in total. The average molecular weight is 256 g/mol. The first-order valence-electron chi connectivity index (χ1n) is 6.70. The lowest BCUT2D eigenvalue weighted by atomic mass is 9.53. The van der Waals surface area contributed by atoms with Crippen LogP contribution >= 0.6 is 23.5 Å². The minimum Gasteiger partial charge on any atom is -0.390 e. The van der Waals surface area contributed by atoms with Gasteiger partial charge in [-0.15, -0.1) is 23.5 Å². The molecule has 1 heterocycles. The van der Waals surface area contributed by atoms with Gasteiger partial charge in [-0.25, -0.2) is 0 Å². The Morgan fingerprint density at radius 2 is 1.56 bits per heavy atom. The number of rotatable bonds is 0. The molecule has 4 bridgehead atoms. The molecule has 90 valence electrons. The molecule has 4 atom stereocenters. The Morgan fingerprint density at radius 3 is 2.12 bits per heavy atom. The normalized spacial score (nSPS) is 53.4. The second-order valence-corrected chi connectivity index (χ2v) is 9.34. The van der Waals surface area contributed by atoms with Crippen molar-refractivity contribution in [1.29, 1.82) is 0 Å². The van der Waals surface area contributed by atoms with E-state index in [0.29, 0.717) is 4.08 Å². The highest BCUT2D eigenvalue weighted by Crippen LogP contribution is 2.68. The molecule has 1 N–H and O–H groups in total. The van der Waals surface area contributed by atoms with Crippen molar-refractivity contribution in [3.8, 4) is 0 Å². The maximum Gasteiger partial charge on any atom is 0.0669 e. The molecule has 3 heteroatoms. The number of aliphatic hydroxyl groups is 1. The monoisotopic (exact) mass is 256 g/mol. The molecule has 5 aliphatic rings. The van der Waals surface area contributed by atoms with E-state index in [1.54, 1.807) is 0 Å². The fourth-order valence-electron chi connectivity index (χ4n) is 4.92. The number of hydrogen-bond donors (Lipinski definition) is 1. The highest BCUT2D eigenvalue weighted by atomic mass is 32.2. The number of thioether (sulfide) groups is 2. The zero-order valence-electron chi connectivity index (χ0n) is 9.65. The first-order valence-corrected chi connectivity index (χ1v) is 8.68. The predicted molar refractivity (Wildman–Crippen MR) is 70.8 cm³/mol. The SMILES string of the molecule is OC12CC3C[C@H](C1)C1(SCCCS1)[C@@H](C3)C2. The van der Waals surface area contributed by atoms with Crippen molar-refractivity contribution in [3.05, 3.63) is 0 Å². The van der Waals surface area contributed by atoms with Crippen LogP contribution in [0.15, 0.2) is 0 Å². The van der Waals surface area contributed by atoms with Crippen molar-refractivity contribution in [2.75, 3.05) is 11.5 Å². The summed E-state index contributed by atoms with van der Waals surface area (Å²) in [5, 5.41) is 10.6. The lowest BCUT2D eigenvalue weighted by Crippen LogP contribution is -2.61. The lowest BCUT2D eigenvalue weighted by molar-refractivity contribution is -0.126. The molecule has 0 aromatic heterocycles. The molecule has 0 amide bonds. The van der Waals surface area contributed by atoms with E-state index in [9.17, 15) is 5.11 Å². The Morgan fingerprint density at radius 1 is 0.938 bits per heavy atom. The third kappa shape index (κ3) is 1.31. The quantitative estimate of drug-likeness (QED) is 0.719. The molecule has 4 saturated carbocycles. The van der Waals surface area contributed by atoms with E-state index in [1.165, 1.54) is 30.8 Å². The van der Waals surface area contributed by atoms with Gasteiger partial charge in [0.05, 0.1) is 9.68 Å². The highest BCUT2D eigenvalue weighted by molar-refractivity contribution is 8.18. The topological polar surface area (TPSA) is 20.2 Å². The van der Waals surface area contributed by atoms with Crippen LogP contribution in [-0.2, 0) is 0 Å². The smallest absolute Gasteiger partial charge is 0.0669 e. The molecule has 4 aliphatic carbocycles. The fourth-order valence-corrected chi connectivity index (χ4v) is 8.81. The van der Waals surface area contributed by atoms with Crippen molar-refractivity contribution in [2.45, 2.75) is 48.2 Å². The first-order chi connectivity index (χ1) is 7.70. The van der Waals surface area contributed by atoms with Crippen LogP contribution in [0.5, 0.6) is 0 Å². The predicted octanol–water partition coefficient (Wildman–Crippen LogP) is 3.12. The summed E-state index contributed by atoms with van der Waals surface area (Å²) in [6.07, 6.45) is 7.56. The Kier molecular flexibility index (Phi) is 2.22. The van der Waals surface area contributed by atoms with Gasteiger partial charge in [-0.2, -0.15) is 0 Å². The summed E-state index contributed by atoms with van der Waals surface area (Å²) in [4.78, 5) is 0. The van der Waals surface area contributed by atoms with Crippen LogP contribution in [0.2, 0.25) is 0 Å². The van der Waals surface area contributed by atoms with Crippen molar-refractivity contribution in [3.63, 3.8) is 0 Å². The summed E-state index contributed by atoms with van der Waals surface area (Å²) in [7, 11) is 0. The standard InChI is InChI=1S/C13H20OS2/c14-12-6-9-4-10(7-12)13(11(5-9)8-12)15-2-1-3-16-13/h9-11,14H,1-8H2/t9?,10-,11+,12?. The van der Waals surface area contributed by atoms with Crippen molar-refractivity contribution in [1.82, 2.24) is 0 Å². The van der Waals surface area contributed by atoms with Gasteiger partial charge in [-0.1, -0.05) is 0 Å². The molecular formula is C13H20OS2. The largest absolute Gasteiger partial charge is 0.390 e. The molecule has 1 saturated heterocycles. The molecule has 2 unspecified atom stereocenters. The van der Waals surface area contributed by atoms with E-state index in [-0.39, 0.29) is 5.60 Å². The fraction of sp³-hybridized carbons (Fsp3) is 1.00. The van der Waals surface area contributed by atoms with Crippen LogP contribution in [0.1, 0.15) is 38.5 Å². The molecule has 0 radical (unpaired) electrons. The van der Waals surface area contributed by atoms with Crippen molar-refractivity contribution >= 4 is 23.5 Å². The molecule has 0 aromatic rings. The second-order valence-electron chi connectivity index (χ2n) is 6.34. The van der Waals surface area contributed by atoms with Gasteiger partial charge in [0, 0.05) is 0 Å². The number of hydrogen-bond acceptors (Lipinski definition) is 3. The van der Waals surface area contributed by atoms with Gasteiger partial charge in [0.15, 0.2) is 0 Å². The van der Waals surface area contributed by atoms with E-state index in [4.69, 9.17) is 0 Å². The second kappa shape index (κ2) is 3.36. The highest BCUT2D eigenvalue weighted by Gasteiger charge is 2.62. The Balaban J connectivity index is 1.70. The van der Waals surface area contributed by atoms with E-state index >= 15 is 0 Å². The van der Waals surface area contributed by atoms with Crippen LogP contribution in [0.25, 0.3) is 0 Å². The summed E-state index contributed by atoms with van der Waals surface area (Å²) >= 11 is 4.50. The first kappa shape index (κ1) is 10.6. The van der Waals surface area contributed by atoms with Gasteiger partial charge >= 0.3 is 0 Å². The van der Waals surface area contributed by atoms with Gasteiger partial charge in [-0.05, 0) is 67.8 Å². The van der Waals surface area contributed by atoms with E-state index < -0.39 is 0 Å². The Labute approximate surface area is 106 Å². The minimum absolute atomic E-state index is 0.250. The van der Waals surface area contributed by atoms with Crippen LogP contribution in [-0.4, -0.2) is 26.3 Å². The van der Waals surface area contributed by atoms with Crippen LogP contribution in [0, 0.1) is 17.8 Å². The summed E-state index contributed by atoms with van der Waals surface area (Å²) in [5.74, 6) is 5.22. The maximum absolute atomic E-state index is 10.6. The lowest BCUT2D eigenvalue weighted by Gasteiger charge is -2.64. The molecule has 0 aromatic carbocycles. The van der Waals surface area contributed by atoms with E-state index in [0.717, 1.165) is 37.0 Å². The zero-order valence-corrected chi connectivity index (χ0v) is 11.3. The molecule has 1 aliphatic heterocycles. The van der Waals surface area contributed by atoms with Crippen molar-refractivity contribution < 1.29 is 5.11 Å². The summed E-state index contributed by atoms with van der Waals surface area (Å²) in [5.41, 5.74) is -0.250. The maximum atomic E-state index is 10.6. The zero-order chi connectivity index (χ0) is 10.8. The van der Waals surface area contributed by atoms with Crippen LogP contribution in [0.4, 0.5) is 0 Å². The summed E-state index contributed by atoms with van der Waals surface area (Å²) in [6, 6.07) is 0. The van der Waals surface area contributed by atoms with Gasteiger partial charge < -0.3 is 5.11 Å². The van der Waals surface area contributed by atoms with E-state index in [2.05, 4.69) is 23.5 Å². The Bertz CT molecular complexity index is 293. The molecule has 16 heavy (non-hydrogen) atoms. The van der Waals surface area contributed by atoms with Gasteiger partial charge in [0.1, 0.15) is 0 Å². The van der Waals surface area contributed by atoms with Crippen LogP contribution < -0.4 is 0 Å². The third-order valence-corrected chi connectivity index (χ3v) is 9.17. The van der Waals surface area contributed by atoms with Gasteiger partial charge in [0.2, 0.25) is 0 Å². The summed E-state index contributed by atoms with van der Waals surface area (Å²) < 4.78 is 0.529. The third-order valence-electron chi connectivity index (χ3n) is 5.24. The molecule has 5 rings (SSSR count). The molecular weight excluding hydrogens is 236 g/mol. The van der Waals surface area contributed by atoms with Gasteiger partial charge in [-0.3, -0.25) is 0 Å². The minimum atomic E-state index is -0.250. The summed E-state index contributed by atoms with van der Waals surface area (Å²) in [6.45, 7) is 0. The van der Waals surface area contributed by atoms with Crippen molar-refractivity contribution in [2.24, 2.45) is 17.8 Å².